The fourth-order valence-electron chi connectivity index (χ4n) is 1.60. The lowest BCUT2D eigenvalue weighted by Gasteiger charge is -2.27. The third kappa shape index (κ3) is 1.59. The summed E-state index contributed by atoms with van der Waals surface area (Å²) >= 11 is 0. The summed E-state index contributed by atoms with van der Waals surface area (Å²) in [5, 5.41) is 0. The van der Waals surface area contributed by atoms with E-state index in [4.69, 9.17) is 0 Å². The van der Waals surface area contributed by atoms with Crippen LogP contribution in [0.15, 0.2) is 12.7 Å². The van der Waals surface area contributed by atoms with E-state index in [2.05, 4.69) is 13.5 Å². The van der Waals surface area contributed by atoms with Gasteiger partial charge in [0.05, 0.1) is 0 Å². The topological polar surface area (TPSA) is 0 Å². The first kappa shape index (κ1) is 7.77. The second-order valence-electron chi connectivity index (χ2n) is 3.33. The average molecular weight is 142 g/mol. The predicted octanol–water partition coefficient (Wildman–Crippen LogP) is 2.95. The Morgan fingerprint density at radius 2 is 2.20 bits per heavy atom. The maximum absolute atomic E-state index is 13.0. The molecule has 0 amide bonds. The molecule has 58 valence electrons. The summed E-state index contributed by atoms with van der Waals surface area (Å²) in [6.45, 7) is 5.74. The summed E-state index contributed by atoms with van der Waals surface area (Å²) in [6, 6.07) is 0. The Morgan fingerprint density at radius 3 is 2.70 bits per heavy atom. The van der Waals surface area contributed by atoms with Crippen molar-refractivity contribution in [3.05, 3.63) is 12.7 Å². The van der Waals surface area contributed by atoms with E-state index < -0.39 is 6.17 Å². The molecule has 1 saturated carbocycles. The zero-order valence-electron chi connectivity index (χ0n) is 6.52. The van der Waals surface area contributed by atoms with Gasteiger partial charge in [-0.25, -0.2) is 4.39 Å². The van der Waals surface area contributed by atoms with Gasteiger partial charge in [0.15, 0.2) is 0 Å². The summed E-state index contributed by atoms with van der Waals surface area (Å²) in [7, 11) is 0. The molecule has 0 aromatic carbocycles. The van der Waals surface area contributed by atoms with Crippen LogP contribution in [0.3, 0.4) is 0 Å². The van der Waals surface area contributed by atoms with Crippen LogP contribution in [0.5, 0.6) is 0 Å². The van der Waals surface area contributed by atoms with Crippen molar-refractivity contribution in [3.63, 3.8) is 0 Å². The lowest BCUT2D eigenvalue weighted by Crippen LogP contribution is -2.23. The molecule has 3 atom stereocenters. The molecule has 1 fully saturated rings. The van der Waals surface area contributed by atoms with Gasteiger partial charge in [-0.3, -0.25) is 0 Å². The first-order valence-electron chi connectivity index (χ1n) is 4.00. The Bertz CT molecular complexity index is 120. The van der Waals surface area contributed by atoms with Crippen LogP contribution in [0.4, 0.5) is 4.39 Å². The van der Waals surface area contributed by atoms with Gasteiger partial charge in [0, 0.05) is 5.92 Å². The summed E-state index contributed by atoms with van der Waals surface area (Å²) in [5.74, 6) is 0.711. The zero-order chi connectivity index (χ0) is 7.56. The van der Waals surface area contributed by atoms with Crippen molar-refractivity contribution >= 4 is 0 Å². The molecule has 1 aliphatic rings. The molecule has 0 aromatic heterocycles. The molecule has 1 heteroatoms. The summed E-state index contributed by atoms with van der Waals surface area (Å²) in [6.07, 6.45) is 4.03. The molecule has 0 saturated heterocycles. The van der Waals surface area contributed by atoms with E-state index in [1.54, 1.807) is 6.08 Å². The van der Waals surface area contributed by atoms with E-state index in [0.29, 0.717) is 5.92 Å². The van der Waals surface area contributed by atoms with E-state index >= 15 is 0 Å². The average Bonchev–Trinajstić information content (AvgIpc) is 1.88. The van der Waals surface area contributed by atoms with Gasteiger partial charge in [0.25, 0.3) is 0 Å². The lowest BCUT2D eigenvalue weighted by molar-refractivity contribution is 0.162. The van der Waals surface area contributed by atoms with Crippen LogP contribution in [0.1, 0.15) is 26.2 Å². The maximum Gasteiger partial charge on any atom is 0.107 e. The van der Waals surface area contributed by atoms with E-state index in [1.807, 2.05) is 0 Å². The Morgan fingerprint density at radius 1 is 1.50 bits per heavy atom. The maximum atomic E-state index is 13.0. The van der Waals surface area contributed by atoms with Crippen LogP contribution in [0, 0.1) is 11.8 Å². The molecule has 1 aliphatic carbocycles. The summed E-state index contributed by atoms with van der Waals surface area (Å²) in [5.41, 5.74) is 0. The van der Waals surface area contributed by atoms with E-state index in [-0.39, 0.29) is 5.92 Å². The Balaban J connectivity index is 2.43. The van der Waals surface area contributed by atoms with Gasteiger partial charge in [-0.1, -0.05) is 13.0 Å². The molecule has 0 N–H and O–H groups in total. The molecule has 3 unspecified atom stereocenters. The molecule has 0 radical (unpaired) electrons. The van der Waals surface area contributed by atoms with E-state index in [1.165, 1.54) is 0 Å². The minimum absolute atomic E-state index is 0.135. The van der Waals surface area contributed by atoms with Gasteiger partial charge >= 0.3 is 0 Å². The van der Waals surface area contributed by atoms with Crippen molar-refractivity contribution in [2.75, 3.05) is 0 Å². The fourth-order valence-corrected chi connectivity index (χ4v) is 1.60. The molecule has 0 nitrogen and oxygen atoms in total. The fraction of sp³-hybridized carbons (Fsp3) is 0.778. The molecule has 10 heavy (non-hydrogen) atoms. The SMILES string of the molecule is C=CC1CCC(C)CC1F. The van der Waals surface area contributed by atoms with E-state index in [0.717, 1.165) is 19.3 Å². The highest BCUT2D eigenvalue weighted by atomic mass is 19.1. The second-order valence-corrected chi connectivity index (χ2v) is 3.33. The quantitative estimate of drug-likeness (QED) is 0.494. The third-order valence-electron chi connectivity index (χ3n) is 2.39. The van der Waals surface area contributed by atoms with Crippen molar-refractivity contribution in [1.29, 1.82) is 0 Å². The van der Waals surface area contributed by atoms with Crippen LogP contribution in [-0.4, -0.2) is 6.17 Å². The number of alkyl halides is 1. The van der Waals surface area contributed by atoms with Crippen LogP contribution >= 0.6 is 0 Å². The number of halogens is 1. The number of hydrogen-bond acceptors (Lipinski definition) is 0. The smallest absolute Gasteiger partial charge is 0.107 e. The van der Waals surface area contributed by atoms with Crippen LogP contribution in [-0.2, 0) is 0 Å². The molecule has 0 aromatic rings. The summed E-state index contributed by atoms with van der Waals surface area (Å²) < 4.78 is 13.0. The largest absolute Gasteiger partial charge is 0.247 e. The first-order chi connectivity index (χ1) is 4.74. The molecular weight excluding hydrogens is 127 g/mol. The molecule has 0 spiro atoms. The third-order valence-corrected chi connectivity index (χ3v) is 2.39. The lowest BCUT2D eigenvalue weighted by atomic mass is 9.82. The van der Waals surface area contributed by atoms with Gasteiger partial charge in [0.2, 0.25) is 0 Å². The van der Waals surface area contributed by atoms with Crippen molar-refractivity contribution < 1.29 is 4.39 Å². The van der Waals surface area contributed by atoms with Gasteiger partial charge in [0.1, 0.15) is 6.17 Å². The monoisotopic (exact) mass is 142 g/mol. The first-order valence-corrected chi connectivity index (χ1v) is 4.00. The second kappa shape index (κ2) is 3.18. The van der Waals surface area contributed by atoms with Gasteiger partial charge in [-0.2, -0.15) is 0 Å². The van der Waals surface area contributed by atoms with Gasteiger partial charge in [-0.15, -0.1) is 6.58 Å². The molecule has 1 rings (SSSR count). The van der Waals surface area contributed by atoms with Gasteiger partial charge < -0.3 is 0 Å². The Kier molecular flexibility index (Phi) is 2.47. The van der Waals surface area contributed by atoms with Crippen LogP contribution < -0.4 is 0 Å². The van der Waals surface area contributed by atoms with Crippen molar-refractivity contribution in [1.82, 2.24) is 0 Å². The zero-order valence-corrected chi connectivity index (χ0v) is 6.52. The van der Waals surface area contributed by atoms with Crippen molar-refractivity contribution in [2.45, 2.75) is 32.4 Å². The molecular formula is C9H15F. The number of allylic oxidation sites excluding steroid dienone is 1. The summed E-state index contributed by atoms with van der Waals surface area (Å²) in [4.78, 5) is 0. The predicted molar refractivity (Wildman–Crippen MR) is 41.6 cm³/mol. The highest BCUT2D eigenvalue weighted by Crippen LogP contribution is 2.31. The van der Waals surface area contributed by atoms with Gasteiger partial charge in [-0.05, 0) is 25.2 Å². The normalized spacial score (nSPS) is 41.2. The molecule has 0 bridgehead atoms. The molecule has 0 aliphatic heterocycles. The van der Waals surface area contributed by atoms with Crippen LogP contribution in [0.2, 0.25) is 0 Å². The minimum atomic E-state index is -0.624. The van der Waals surface area contributed by atoms with Crippen molar-refractivity contribution in [3.8, 4) is 0 Å². The Hall–Kier alpha value is -0.330. The van der Waals surface area contributed by atoms with Crippen LogP contribution in [0.25, 0.3) is 0 Å². The highest BCUT2D eigenvalue weighted by molar-refractivity contribution is 4.89. The molecule has 0 heterocycles. The van der Waals surface area contributed by atoms with Crippen molar-refractivity contribution in [2.24, 2.45) is 11.8 Å². The number of rotatable bonds is 1. The number of hydrogen-bond donors (Lipinski definition) is 0. The Labute approximate surface area is 62.1 Å². The van der Waals surface area contributed by atoms with E-state index in [9.17, 15) is 4.39 Å². The highest BCUT2D eigenvalue weighted by Gasteiger charge is 2.25. The standard InChI is InChI=1S/C9H15F/c1-3-8-5-4-7(2)6-9(8)10/h3,7-9H,1,4-6H2,2H3. The minimum Gasteiger partial charge on any atom is -0.247 e.